The molecule has 0 radical (unpaired) electrons. The van der Waals surface area contributed by atoms with Crippen LogP contribution in [0.2, 0.25) is 10.0 Å². The highest BCUT2D eigenvalue weighted by molar-refractivity contribution is 6.42. The molecule has 0 amide bonds. The summed E-state index contributed by atoms with van der Waals surface area (Å²) in [5.74, 6) is 0.234. The van der Waals surface area contributed by atoms with Gasteiger partial charge in [-0.25, -0.2) is 0 Å². The number of aliphatic hydroxyl groups excluding tert-OH is 1. The van der Waals surface area contributed by atoms with E-state index in [0.717, 1.165) is 25.2 Å². The van der Waals surface area contributed by atoms with Crippen molar-refractivity contribution >= 4 is 34.6 Å². The Bertz CT molecular complexity index is 425. The molecular weight excluding hydrogens is 259 g/mol. The Morgan fingerprint density at radius 1 is 1.35 bits per heavy atom. The number of anilines is 2. The van der Waals surface area contributed by atoms with Gasteiger partial charge in [0.15, 0.2) is 0 Å². The maximum Gasteiger partial charge on any atom is 0.0616 e. The Hall–Kier alpha value is -0.640. The van der Waals surface area contributed by atoms with Crippen LogP contribution in [-0.2, 0) is 0 Å². The fourth-order valence-electron chi connectivity index (χ4n) is 2.18. The van der Waals surface area contributed by atoms with E-state index >= 15 is 0 Å². The number of hydrogen-bond acceptors (Lipinski definition) is 3. The van der Waals surface area contributed by atoms with Crippen molar-refractivity contribution in [3.05, 3.63) is 22.2 Å². The molecule has 2 rings (SSSR count). The summed E-state index contributed by atoms with van der Waals surface area (Å²) in [5, 5.41) is 10.7. The lowest BCUT2D eigenvalue weighted by atomic mass is 9.96. The van der Waals surface area contributed by atoms with Crippen molar-refractivity contribution in [3.8, 4) is 0 Å². The lowest BCUT2D eigenvalue weighted by Gasteiger charge is -2.36. The van der Waals surface area contributed by atoms with Gasteiger partial charge < -0.3 is 15.7 Å². The molecule has 0 bridgehead atoms. The monoisotopic (exact) mass is 274 g/mol. The number of nitrogens with zero attached hydrogens (tertiary/aromatic N) is 1. The van der Waals surface area contributed by atoms with Gasteiger partial charge in [-0.15, -0.1) is 0 Å². The Balaban J connectivity index is 2.26. The molecule has 3 nitrogen and oxygen atoms in total. The van der Waals surface area contributed by atoms with Crippen LogP contribution in [0.25, 0.3) is 0 Å². The first kappa shape index (κ1) is 12.8. The minimum Gasteiger partial charge on any atom is -0.397 e. The van der Waals surface area contributed by atoms with Crippen LogP contribution >= 0.6 is 23.2 Å². The summed E-state index contributed by atoms with van der Waals surface area (Å²) < 4.78 is 0. The van der Waals surface area contributed by atoms with Crippen LogP contribution in [0.1, 0.15) is 13.3 Å². The zero-order valence-electron chi connectivity index (χ0n) is 9.66. The first-order valence-electron chi connectivity index (χ1n) is 5.66. The molecule has 1 aromatic carbocycles. The fraction of sp³-hybridized carbons (Fsp3) is 0.500. The van der Waals surface area contributed by atoms with E-state index in [4.69, 9.17) is 28.9 Å². The van der Waals surface area contributed by atoms with Crippen LogP contribution in [0.15, 0.2) is 12.1 Å². The third kappa shape index (κ3) is 2.62. The summed E-state index contributed by atoms with van der Waals surface area (Å²) in [6.45, 7) is 3.60. The number of nitrogens with two attached hydrogens (primary N) is 1. The van der Waals surface area contributed by atoms with Crippen LogP contribution in [0.4, 0.5) is 11.4 Å². The first-order chi connectivity index (χ1) is 7.99. The number of nitrogen functional groups attached to an aromatic ring is 1. The molecule has 1 heterocycles. The van der Waals surface area contributed by atoms with Gasteiger partial charge >= 0.3 is 0 Å². The predicted octanol–water partition coefficient (Wildman–Crippen LogP) is 2.78. The first-order valence-corrected chi connectivity index (χ1v) is 6.42. The molecule has 94 valence electrons. The Morgan fingerprint density at radius 3 is 2.65 bits per heavy atom. The van der Waals surface area contributed by atoms with Crippen LogP contribution < -0.4 is 10.6 Å². The highest BCUT2D eigenvalue weighted by Gasteiger charge is 2.25. The fourth-order valence-corrected chi connectivity index (χ4v) is 2.51. The molecular formula is C12H16Cl2N2O. The summed E-state index contributed by atoms with van der Waals surface area (Å²) in [7, 11) is 0. The van der Waals surface area contributed by atoms with Crippen molar-refractivity contribution in [3.63, 3.8) is 0 Å². The van der Waals surface area contributed by atoms with Crippen molar-refractivity contribution in [1.82, 2.24) is 0 Å². The molecule has 17 heavy (non-hydrogen) atoms. The van der Waals surface area contributed by atoms with Crippen LogP contribution in [-0.4, -0.2) is 24.3 Å². The average molecular weight is 275 g/mol. The van der Waals surface area contributed by atoms with E-state index < -0.39 is 0 Å². The molecule has 1 fully saturated rings. The molecule has 1 aliphatic rings. The molecule has 1 saturated heterocycles. The second-order valence-electron chi connectivity index (χ2n) is 4.60. The lowest BCUT2D eigenvalue weighted by Crippen LogP contribution is -2.42. The minimum atomic E-state index is -0.227. The Labute approximate surface area is 111 Å². The van der Waals surface area contributed by atoms with E-state index in [-0.39, 0.29) is 12.0 Å². The van der Waals surface area contributed by atoms with Gasteiger partial charge in [0.05, 0.1) is 27.5 Å². The number of piperidine rings is 1. The molecule has 0 aromatic heterocycles. The highest BCUT2D eigenvalue weighted by atomic mass is 35.5. The highest BCUT2D eigenvalue weighted by Crippen LogP contribution is 2.35. The average Bonchev–Trinajstić information content (AvgIpc) is 2.27. The van der Waals surface area contributed by atoms with Crippen molar-refractivity contribution in [2.24, 2.45) is 5.92 Å². The maximum atomic E-state index is 9.71. The molecule has 0 saturated carbocycles. The van der Waals surface area contributed by atoms with Gasteiger partial charge in [-0.2, -0.15) is 0 Å². The Kier molecular flexibility index (Phi) is 3.71. The standard InChI is InChI=1S/C12H16Cl2N2O/c1-7-6-16(3-2-12(7)17)11-5-9(14)8(13)4-10(11)15/h4-5,7,12,17H,2-3,6,15H2,1H3. The number of aliphatic hydroxyl groups is 1. The smallest absolute Gasteiger partial charge is 0.0616 e. The zero-order valence-corrected chi connectivity index (χ0v) is 11.2. The molecule has 1 aliphatic heterocycles. The van der Waals surface area contributed by atoms with Crippen molar-refractivity contribution in [1.29, 1.82) is 0 Å². The SMILES string of the molecule is CC1CN(c2cc(Cl)c(Cl)cc2N)CCC1O. The van der Waals surface area contributed by atoms with E-state index in [2.05, 4.69) is 4.90 Å². The van der Waals surface area contributed by atoms with E-state index in [0.29, 0.717) is 15.7 Å². The summed E-state index contributed by atoms with van der Waals surface area (Å²) in [4.78, 5) is 2.15. The summed E-state index contributed by atoms with van der Waals surface area (Å²) >= 11 is 11.9. The van der Waals surface area contributed by atoms with E-state index in [1.54, 1.807) is 12.1 Å². The molecule has 1 aromatic rings. The predicted molar refractivity (Wildman–Crippen MR) is 72.9 cm³/mol. The normalized spacial score (nSPS) is 25.1. The summed E-state index contributed by atoms with van der Waals surface area (Å²) in [5.41, 5.74) is 7.48. The lowest BCUT2D eigenvalue weighted by molar-refractivity contribution is 0.0971. The van der Waals surface area contributed by atoms with E-state index in [1.165, 1.54) is 0 Å². The van der Waals surface area contributed by atoms with Gasteiger partial charge in [0, 0.05) is 13.1 Å². The number of benzene rings is 1. The number of halogens is 2. The van der Waals surface area contributed by atoms with Gasteiger partial charge in [0.2, 0.25) is 0 Å². The van der Waals surface area contributed by atoms with E-state index in [9.17, 15) is 5.11 Å². The molecule has 2 atom stereocenters. The second-order valence-corrected chi connectivity index (χ2v) is 5.42. The van der Waals surface area contributed by atoms with Crippen molar-refractivity contribution in [2.45, 2.75) is 19.4 Å². The molecule has 5 heteroatoms. The third-order valence-electron chi connectivity index (χ3n) is 3.27. The van der Waals surface area contributed by atoms with Gasteiger partial charge in [0.25, 0.3) is 0 Å². The van der Waals surface area contributed by atoms with Gasteiger partial charge in [-0.05, 0) is 24.5 Å². The quantitative estimate of drug-likeness (QED) is 0.775. The van der Waals surface area contributed by atoms with Crippen molar-refractivity contribution < 1.29 is 5.11 Å². The minimum absolute atomic E-state index is 0.227. The topological polar surface area (TPSA) is 49.5 Å². The second kappa shape index (κ2) is 4.92. The third-order valence-corrected chi connectivity index (χ3v) is 3.99. The van der Waals surface area contributed by atoms with Crippen LogP contribution in [0, 0.1) is 5.92 Å². The molecule has 0 spiro atoms. The summed E-state index contributed by atoms with van der Waals surface area (Å²) in [6.07, 6.45) is 0.524. The van der Waals surface area contributed by atoms with Crippen LogP contribution in [0.3, 0.4) is 0 Å². The van der Waals surface area contributed by atoms with E-state index in [1.807, 2.05) is 6.92 Å². The van der Waals surface area contributed by atoms with Crippen molar-refractivity contribution in [2.75, 3.05) is 23.7 Å². The number of rotatable bonds is 1. The van der Waals surface area contributed by atoms with Crippen LogP contribution in [0.5, 0.6) is 0 Å². The molecule has 0 aliphatic carbocycles. The zero-order chi connectivity index (χ0) is 12.6. The van der Waals surface area contributed by atoms with Gasteiger partial charge in [-0.3, -0.25) is 0 Å². The summed E-state index contributed by atoms with van der Waals surface area (Å²) in [6, 6.07) is 3.47. The Morgan fingerprint density at radius 2 is 2.00 bits per heavy atom. The maximum absolute atomic E-state index is 9.71. The largest absolute Gasteiger partial charge is 0.397 e. The van der Waals surface area contributed by atoms with Gasteiger partial charge in [-0.1, -0.05) is 30.1 Å². The molecule has 2 unspecified atom stereocenters. The number of hydrogen-bond donors (Lipinski definition) is 2. The molecule has 3 N–H and O–H groups in total. The van der Waals surface area contributed by atoms with Gasteiger partial charge in [0.1, 0.15) is 0 Å².